The number of ether oxygens (including phenoxy) is 1. The number of aliphatic hydroxyl groups is 1. The number of hydrogen-bond donors (Lipinski definition) is 2. The monoisotopic (exact) mass is 383 g/mol. The Kier molecular flexibility index (Phi) is 19.2. The molecule has 0 fully saturated rings. The molecule has 2 atom stereocenters. The number of amides is 1. The number of aliphatic hydroxyl groups excluding tert-OH is 1. The van der Waals surface area contributed by atoms with Gasteiger partial charge in [-0.2, -0.15) is 0 Å². The van der Waals surface area contributed by atoms with Crippen LogP contribution in [0.25, 0.3) is 0 Å². The fourth-order valence-corrected chi connectivity index (χ4v) is 3.09. The van der Waals surface area contributed by atoms with Gasteiger partial charge in [0.2, 0.25) is 5.91 Å². The summed E-state index contributed by atoms with van der Waals surface area (Å²) in [7, 11) is 0. The van der Waals surface area contributed by atoms with Gasteiger partial charge in [-0.15, -0.1) is 0 Å². The molecule has 1 amide bonds. The smallest absolute Gasteiger partial charge is 0.249 e. The second-order valence-electron chi connectivity index (χ2n) is 7.44. The maximum atomic E-state index is 12.0. The SMILES string of the molecule is CCCCCCC(O)C/C=C\CCCCCCC(OCC)C(=O)NCCC. The van der Waals surface area contributed by atoms with Crippen molar-refractivity contribution in [3.8, 4) is 0 Å². The molecule has 0 aliphatic rings. The van der Waals surface area contributed by atoms with Crippen molar-refractivity contribution >= 4 is 5.91 Å². The van der Waals surface area contributed by atoms with E-state index in [4.69, 9.17) is 4.74 Å². The van der Waals surface area contributed by atoms with E-state index in [2.05, 4.69) is 31.3 Å². The third kappa shape index (κ3) is 17.0. The van der Waals surface area contributed by atoms with Crippen molar-refractivity contribution in [3.05, 3.63) is 12.2 Å². The summed E-state index contributed by atoms with van der Waals surface area (Å²) in [4.78, 5) is 12.0. The topological polar surface area (TPSA) is 58.6 Å². The van der Waals surface area contributed by atoms with Crippen LogP contribution in [-0.4, -0.2) is 36.4 Å². The van der Waals surface area contributed by atoms with E-state index in [-0.39, 0.29) is 18.1 Å². The lowest BCUT2D eigenvalue weighted by Gasteiger charge is -2.16. The van der Waals surface area contributed by atoms with Gasteiger partial charge < -0.3 is 15.2 Å². The molecule has 160 valence electrons. The quantitative estimate of drug-likeness (QED) is 0.227. The first kappa shape index (κ1) is 26.1. The third-order valence-corrected chi connectivity index (χ3v) is 4.76. The summed E-state index contributed by atoms with van der Waals surface area (Å²) < 4.78 is 5.58. The molecule has 0 spiro atoms. The Labute approximate surface area is 168 Å². The van der Waals surface area contributed by atoms with E-state index in [0.29, 0.717) is 6.61 Å². The second-order valence-corrected chi connectivity index (χ2v) is 7.44. The molecule has 0 bridgehead atoms. The van der Waals surface area contributed by atoms with E-state index in [1.165, 1.54) is 32.1 Å². The maximum absolute atomic E-state index is 12.0. The lowest BCUT2D eigenvalue weighted by atomic mass is 10.1. The highest BCUT2D eigenvalue weighted by Crippen LogP contribution is 2.12. The Bertz CT molecular complexity index is 358. The molecule has 4 heteroatoms. The van der Waals surface area contributed by atoms with Gasteiger partial charge in [0.05, 0.1) is 6.10 Å². The van der Waals surface area contributed by atoms with Crippen molar-refractivity contribution in [2.45, 2.75) is 116 Å². The number of rotatable bonds is 19. The van der Waals surface area contributed by atoms with E-state index in [1.807, 2.05) is 6.92 Å². The van der Waals surface area contributed by atoms with Crippen molar-refractivity contribution in [1.29, 1.82) is 0 Å². The predicted molar refractivity (Wildman–Crippen MR) is 115 cm³/mol. The van der Waals surface area contributed by atoms with Gasteiger partial charge in [0.1, 0.15) is 6.10 Å². The Morgan fingerprint density at radius 1 is 0.926 bits per heavy atom. The van der Waals surface area contributed by atoms with E-state index < -0.39 is 0 Å². The molecule has 4 nitrogen and oxygen atoms in total. The maximum Gasteiger partial charge on any atom is 0.249 e. The van der Waals surface area contributed by atoms with Crippen molar-refractivity contribution in [1.82, 2.24) is 5.32 Å². The lowest BCUT2D eigenvalue weighted by Crippen LogP contribution is -2.36. The number of hydrogen-bond acceptors (Lipinski definition) is 3. The average Bonchev–Trinajstić information content (AvgIpc) is 2.67. The van der Waals surface area contributed by atoms with E-state index in [0.717, 1.165) is 57.9 Å². The number of allylic oxidation sites excluding steroid dienone is 1. The molecule has 0 rings (SSSR count). The minimum absolute atomic E-state index is 0.0369. The molecule has 0 aromatic heterocycles. The van der Waals surface area contributed by atoms with Gasteiger partial charge in [-0.05, 0) is 45.4 Å². The number of unbranched alkanes of at least 4 members (excludes halogenated alkanes) is 7. The van der Waals surface area contributed by atoms with Crippen molar-refractivity contribution < 1.29 is 14.6 Å². The van der Waals surface area contributed by atoms with E-state index in [1.54, 1.807) is 0 Å². The molecule has 0 saturated carbocycles. The molecule has 2 unspecified atom stereocenters. The van der Waals surface area contributed by atoms with Gasteiger partial charge in [0, 0.05) is 13.2 Å². The Morgan fingerprint density at radius 3 is 2.33 bits per heavy atom. The molecule has 27 heavy (non-hydrogen) atoms. The summed E-state index contributed by atoms with van der Waals surface area (Å²) in [6.45, 7) is 7.51. The largest absolute Gasteiger partial charge is 0.393 e. The van der Waals surface area contributed by atoms with Crippen LogP contribution in [0.2, 0.25) is 0 Å². The summed E-state index contributed by atoms with van der Waals surface area (Å²) in [5.41, 5.74) is 0. The van der Waals surface area contributed by atoms with Gasteiger partial charge >= 0.3 is 0 Å². The molecular weight excluding hydrogens is 338 g/mol. The molecule has 0 aromatic carbocycles. The third-order valence-electron chi connectivity index (χ3n) is 4.76. The first-order valence-corrected chi connectivity index (χ1v) is 11.4. The summed E-state index contributed by atoms with van der Waals surface area (Å²) >= 11 is 0. The minimum atomic E-state index is -0.291. The molecule has 0 aromatic rings. The van der Waals surface area contributed by atoms with Gasteiger partial charge in [0.15, 0.2) is 0 Å². The van der Waals surface area contributed by atoms with Crippen LogP contribution in [0, 0.1) is 0 Å². The first-order chi connectivity index (χ1) is 13.2. The van der Waals surface area contributed by atoms with Gasteiger partial charge in [-0.3, -0.25) is 4.79 Å². The highest BCUT2D eigenvalue weighted by atomic mass is 16.5. The molecule has 0 saturated heterocycles. The van der Waals surface area contributed by atoms with E-state index in [9.17, 15) is 9.90 Å². The molecule has 0 aliphatic carbocycles. The van der Waals surface area contributed by atoms with Crippen LogP contribution < -0.4 is 5.32 Å². The highest BCUT2D eigenvalue weighted by Gasteiger charge is 2.17. The fraction of sp³-hybridized carbons (Fsp3) is 0.870. The predicted octanol–water partition coefficient (Wildman–Crippen LogP) is 5.54. The first-order valence-electron chi connectivity index (χ1n) is 11.4. The van der Waals surface area contributed by atoms with Crippen LogP contribution in [-0.2, 0) is 9.53 Å². The summed E-state index contributed by atoms with van der Waals surface area (Å²) in [6.07, 6.45) is 17.8. The Balaban J connectivity index is 3.64. The van der Waals surface area contributed by atoms with Crippen LogP contribution in [0.1, 0.15) is 104 Å². The molecular formula is C23H45NO3. The zero-order valence-corrected chi connectivity index (χ0v) is 18.2. The Hall–Kier alpha value is -0.870. The van der Waals surface area contributed by atoms with Gasteiger partial charge in [-0.1, -0.05) is 70.9 Å². The molecule has 0 radical (unpaired) electrons. The highest BCUT2D eigenvalue weighted by molar-refractivity contribution is 5.80. The molecule has 0 heterocycles. The van der Waals surface area contributed by atoms with Crippen LogP contribution in [0.4, 0.5) is 0 Å². The summed E-state index contributed by atoms with van der Waals surface area (Å²) in [6, 6.07) is 0. The summed E-state index contributed by atoms with van der Waals surface area (Å²) in [5, 5.41) is 12.8. The Morgan fingerprint density at radius 2 is 1.63 bits per heavy atom. The zero-order chi connectivity index (χ0) is 20.2. The van der Waals surface area contributed by atoms with Crippen molar-refractivity contribution in [2.24, 2.45) is 0 Å². The normalized spacial score (nSPS) is 13.8. The van der Waals surface area contributed by atoms with Crippen LogP contribution in [0.3, 0.4) is 0 Å². The zero-order valence-electron chi connectivity index (χ0n) is 18.2. The van der Waals surface area contributed by atoms with Gasteiger partial charge in [0.25, 0.3) is 0 Å². The average molecular weight is 384 g/mol. The van der Waals surface area contributed by atoms with Crippen molar-refractivity contribution in [3.63, 3.8) is 0 Å². The molecule has 0 aliphatic heterocycles. The number of carbonyl (C=O) groups excluding carboxylic acids is 1. The van der Waals surface area contributed by atoms with Gasteiger partial charge in [-0.25, -0.2) is 0 Å². The number of carbonyl (C=O) groups is 1. The standard InChI is InChI=1S/C23H45NO3/c1-4-7-8-14-17-21(25)18-15-12-10-9-11-13-16-19-22(27-6-3)23(26)24-20-5-2/h12,15,21-22,25H,4-11,13-14,16-20H2,1-3H3,(H,24,26)/b15-12-. The van der Waals surface area contributed by atoms with Crippen molar-refractivity contribution in [2.75, 3.05) is 13.2 Å². The fourth-order valence-electron chi connectivity index (χ4n) is 3.09. The molecule has 2 N–H and O–H groups in total. The van der Waals surface area contributed by atoms with Crippen LogP contribution in [0.15, 0.2) is 12.2 Å². The number of nitrogens with one attached hydrogen (secondary N) is 1. The summed E-state index contributed by atoms with van der Waals surface area (Å²) in [5.74, 6) is 0.0369. The van der Waals surface area contributed by atoms with E-state index >= 15 is 0 Å². The minimum Gasteiger partial charge on any atom is -0.393 e. The van der Waals surface area contributed by atoms with Crippen LogP contribution in [0.5, 0.6) is 0 Å². The second kappa shape index (κ2) is 19.9. The van der Waals surface area contributed by atoms with Crippen LogP contribution >= 0.6 is 0 Å². The lowest BCUT2D eigenvalue weighted by molar-refractivity contribution is -0.133.